The third-order valence-electron chi connectivity index (χ3n) is 2.69. The molecule has 0 saturated carbocycles. The lowest BCUT2D eigenvalue weighted by Crippen LogP contribution is -2.37. The van der Waals surface area contributed by atoms with E-state index in [1.807, 2.05) is 16.7 Å². The zero-order chi connectivity index (χ0) is 12.4. The van der Waals surface area contributed by atoms with Crippen molar-refractivity contribution in [3.05, 3.63) is 17.7 Å². The molecule has 1 atom stereocenters. The molecule has 0 spiro atoms. The van der Waals surface area contributed by atoms with Crippen LogP contribution in [0, 0.1) is 11.6 Å². The zero-order valence-corrected chi connectivity index (χ0v) is 10.7. The number of halogens is 2. The minimum absolute atomic E-state index is 0.0901. The minimum Gasteiger partial charge on any atom is -0.371 e. The summed E-state index contributed by atoms with van der Waals surface area (Å²) < 4.78 is 27.0. The van der Waals surface area contributed by atoms with Gasteiger partial charge in [-0.15, -0.1) is 0 Å². The second-order valence-electron chi connectivity index (χ2n) is 4.00. The van der Waals surface area contributed by atoms with Crippen LogP contribution in [-0.4, -0.2) is 36.1 Å². The van der Waals surface area contributed by atoms with E-state index in [0.717, 1.165) is 24.9 Å². The summed E-state index contributed by atoms with van der Waals surface area (Å²) in [7, 11) is 1.57. The molecule has 0 bridgehead atoms. The van der Waals surface area contributed by atoms with Crippen LogP contribution in [0.15, 0.2) is 6.07 Å². The Labute approximate surface area is 104 Å². The van der Waals surface area contributed by atoms with E-state index in [9.17, 15) is 8.78 Å². The molecule has 1 fully saturated rings. The number of hydrogen-bond acceptors (Lipinski definition) is 4. The maximum atomic E-state index is 13.7. The van der Waals surface area contributed by atoms with Crippen molar-refractivity contribution in [1.29, 1.82) is 0 Å². The molecule has 1 saturated heterocycles. The number of rotatable bonds is 2. The molecule has 0 radical (unpaired) electrons. The van der Waals surface area contributed by atoms with Gasteiger partial charge in [-0.2, -0.15) is 11.8 Å². The number of thioether (sulfide) groups is 1. The van der Waals surface area contributed by atoms with Gasteiger partial charge in [-0.3, -0.25) is 0 Å². The molecule has 1 aromatic heterocycles. The second-order valence-corrected chi connectivity index (χ2v) is 5.55. The minimum atomic E-state index is -0.659. The van der Waals surface area contributed by atoms with Gasteiger partial charge in [-0.25, -0.2) is 13.8 Å². The van der Waals surface area contributed by atoms with Gasteiger partial charge in [0.25, 0.3) is 0 Å². The van der Waals surface area contributed by atoms with Crippen LogP contribution < -0.4 is 10.2 Å². The quantitative estimate of drug-likeness (QED) is 0.882. The SMILES string of the molecule is CNc1nc(N2CCSC(C)C2)c(F)cc1F. The van der Waals surface area contributed by atoms with Crippen molar-refractivity contribution in [2.24, 2.45) is 0 Å². The van der Waals surface area contributed by atoms with Crippen molar-refractivity contribution >= 4 is 23.4 Å². The highest BCUT2D eigenvalue weighted by Gasteiger charge is 2.22. The van der Waals surface area contributed by atoms with Crippen molar-refractivity contribution in [2.75, 3.05) is 36.1 Å². The molecule has 94 valence electrons. The maximum absolute atomic E-state index is 13.7. The van der Waals surface area contributed by atoms with Crippen molar-refractivity contribution < 1.29 is 8.78 Å². The van der Waals surface area contributed by atoms with Gasteiger partial charge in [0.15, 0.2) is 23.3 Å². The van der Waals surface area contributed by atoms with Gasteiger partial charge < -0.3 is 10.2 Å². The smallest absolute Gasteiger partial charge is 0.168 e. The number of pyridine rings is 1. The first-order valence-electron chi connectivity index (χ1n) is 5.52. The van der Waals surface area contributed by atoms with Crippen molar-refractivity contribution in [3.8, 4) is 0 Å². The standard InChI is InChI=1S/C11H15F2N3S/c1-7-6-16(3-4-17-7)11-9(13)5-8(12)10(14-2)15-11/h5,7H,3-4,6H2,1-2H3,(H,14,15). The number of nitrogens with one attached hydrogen (secondary N) is 1. The Morgan fingerprint density at radius 1 is 1.47 bits per heavy atom. The zero-order valence-electron chi connectivity index (χ0n) is 9.83. The van der Waals surface area contributed by atoms with E-state index in [0.29, 0.717) is 5.25 Å². The van der Waals surface area contributed by atoms with E-state index in [1.54, 1.807) is 7.05 Å². The fourth-order valence-corrected chi connectivity index (χ4v) is 2.88. The fraction of sp³-hybridized carbons (Fsp3) is 0.545. The topological polar surface area (TPSA) is 28.2 Å². The third kappa shape index (κ3) is 2.62. The van der Waals surface area contributed by atoms with Gasteiger partial charge in [0.2, 0.25) is 0 Å². The summed E-state index contributed by atoms with van der Waals surface area (Å²) >= 11 is 1.85. The second kappa shape index (κ2) is 5.08. The van der Waals surface area contributed by atoms with Gasteiger partial charge in [0.1, 0.15) is 0 Å². The summed E-state index contributed by atoms with van der Waals surface area (Å²) in [4.78, 5) is 5.88. The first kappa shape index (κ1) is 12.4. The van der Waals surface area contributed by atoms with Crippen LogP contribution in [0.3, 0.4) is 0 Å². The van der Waals surface area contributed by atoms with Crippen LogP contribution in [0.25, 0.3) is 0 Å². The van der Waals surface area contributed by atoms with Gasteiger partial charge in [-0.05, 0) is 0 Å². The predicted octanol–water partition coefficient (Wildman–Crippen LogP) is 2.34. The summed E-state index contributed by atoms with van der Waals surface area (Å²) in [5.41, 5.74) is 0. The van der Waals surface area contributed by atoms with E-state index in [4.69, 9.17) is 0 Å². The Bertz CT molecular complexity index is 414. The lowest BCUT2D eigenvalue weighted by Gasteiger charge is -2.31. The van der Waals surface area contributed by atoms with Crippen LogP contribution in [0.2, 0.25) is 0 Å². The molecule has 0 aliphatic carbocycles. The van der Waals surface area contributed by atoms with E-state index in [2.05, 4.69) is 17.2 Å². The summed E-state index contributed by atoms with van der Waals surface area (Å²) in [6, 6.07) is 0.889. The molecule has 3 nitrogen and oxygen atoms in total. The highest BCUT2D eigenvalue weighted by atomic mass is 32.2. The maximum Gasteiger partial charge on any atom is 0.168 e. The van der Waals surface area contributed by atoms with E-state index < -0.39 is 11.6 Å². The molecule has 1 aliphatic rings. The molecule has 1 unspecified atom stereocenters. The number of nitrogens with zero attached hydrogens (tertiary/aromatic N) is 2. The number of hydrogen-bond donors (Lipinski definition) is 1. The Morgan fingerprint density at radius 2 is 2.24 bits per heavy atom. The first-order chi connectivity index (χ1) is 8.11. The number of anilines is 2. The summed E-state index contributed by atoms with van der Waals surface area (Å²) in [6.07, 6.45) is 0. The fourth-order valence-electron chi connectivity index (χ4n) is 1.86. The van der Waals surface area contributed by atoms with Crippen LogP contribution in [0.4, 0.5) is 20.4 Å². The largest absolute Gasteiger partial charge is 0.371 e. The molecule has 1 N–H and O–H groups in total. The normalized spacial score (nSPS) is 20.5. The van der Waals surface area contributed by atoms with Crippen LogP contribution in [0.5, 0.6) is 0 Å². The van der Waals surface area contributed by atoms with Gasteiger partial charge >= 0.3 is 0 Å². The van der Waals surface area contributed by atoms with E-state index in [1.165, 1.54) is 0 Å². The molecular weight excluding hydrogens is 244 g/mol. The Hall–Kier alpha value is -1.04. The molecule has 1 aromatic rings. The van der Waals surface area contributed by atoms with Crippen molar-refractivity contribution in [3.63, 3.8) is 0 Å². The predicted molar refractivity (Wildman–Crippen MR) is 67.8 cm³/mol. The van der Waals surface area contributed by atoms with Crippen LogP contribution >= 0.6 is 11.8 Å². The highest BCUT2D eigenvalue weighted by molar-refractivity contribution is 8.00. The molecule has 2 rings (SSSR count). The average molecular weight is 259 g/mol. The lowest BCUT2D eigenvalue weighted by molar-refractivity contribution is 0.569. The summed E-state index contributed by atoms with van der Waals surface area (Å²) in [6.45, 7) is 3.58. The Morgan fingerprint density at radius 3 is 2.88 bits per heavy atom. The lowest BCUT2D eigenvalue weighted by atomic mass is 10.3. The summed E-state index contributed by atoms with van der Waals surface area (Å²) in [5.74, 6) is 0.0122. The summed E-state index contributed by atoms with van der Waals surface area (Å²) in [5, 5.41) is 3.07. The molecule has 0 aromatic carbocycles. The van der Waals surface area contributed by atoms with Crippen LogP contribution in [-0.2, 0) is 0 Å². The van der Waals surface area contributed by atoms with E-state index >= 15 is 0 Å². The Kier molecular flexibility index (Phi) is 3.71. The molecule has 2 heterocycles. The molecule has 6 heteroatoms. The molecule has 1 aliphatic heterocycles. The third-order valence-corrected chi connectivity index (χ3v) is 3.82. The van der Waals surface area contributed by atoms with Crippen molar-refractivity contribution in [2.45, 2.75) is 12.2 Å². The molecular formula is C11H15F2N3S. The highest BCUT2D eigenvalue weighted by Crippen LogP contribution is 2.26. The molecule has 0 amide bonds. The van der Waals surface area contributed by atoms with Gasteiger partial charge in [-0.1, -0.05) is 6.92 Å². The Balaban J connectivity index is 2.30. The first-order valence-corrected chi connectivity index (χ1v) is 6.57. The van der Waals surface area contributed by atoms with Gasteiger partial charge in [0, 0.05) is 37.2 Å². The monoisotopic (exact) mass is 259 g/mol. The molecule has 17 heavy (non-hydrogen) atoms. The van der Waals surface area contributed by atoms with Crippen LogP contribution in [0.1, 0.15) is 6.92 Å². The van der Waals surface area contributed by atoms with Gasteiger partial charge in [0.05, 0.1) is 0 Å². The van der Waals surface area contributed by atoms with E-state index in [-0.39, 0.29) is 11.6 Å². The average Bonchev–Trinajstić information content (AvgIpc) is 2.29. The van der Waals surface area contributed by atoms with Crippen molar-refractivity contribution in [1.82, 2.24) is 4.98 Å². The number of aromatic nitrogens is 1.